The number of nitrogens with zero attached hydrogens (tertiary/aromatic N) is 2. The second-order valence-corrected chi connectivity index (χ2v) is 15.8. The van der Waals surface area contributed by atoms with Crippen molar-refractivity contribution >= 4 is 81.1 Å². The van der Waals surface area contributed by atoms with Gasteiger partial charge in [0, 0.05) is 47.3 Å². The third kappa shape index (κ3) is 5.08. The molecular formula is C51H34N4OS. The Morgan fingerprint density at radius 2 is 1.16 bits per heavy atom. The normalized spacial score (nSPS) is 15.9. The van der Waals surface area contributed by atoms with E-state index in [1.165, 1.54) is 53.2 Å². The molecule has 11 aromatic rings. The van der Waals surface area contributed by atoms with Crippen LogP contribution in [0, 0.1) is 0 Å². The molecule has 0 fully saturated rings. The smallest absolute Gasteiger partial charge is 0.136 e. The summed E-state index contributed by atoms with van der Waals surface area (Å²) in [6, 6.07) is 64.9. The Bertz CT molecular complexity index is 3320. The Morgan fingerprint density at radius 1 is 0.509 bits per heavy atom. The molecule has 0 saturated carbocycles. The third-order valence-corrected chi connectivity index (χ3v) is 12.6. The van der Waals surface area contributed by atoms with Crippen molar-refractivity contribution in [1.29, 1.82) is 0 Å². The number of hydrogen-bond acceptors (Lipinski definition) is 5. The first-order chi connectivity index (χ1) is 28.3. The summed E-state index contributed by atoms with van der Waals surface area (Å²) in [7, 11) is 0. The molecule has 6 heteroatoms. The van der Waals surface area contributed by atoms with Gasteiger partial charge in [0.15, 0.2) is 0 Å². The number of hydrogen-bond donors (Lipinski definition) is 2. The van der Waals surface area contributed by atoms with Crippen LogP contribution in [0.3, 0.4) is 0 Å². The van der Waals surface area contributed by atoms with Gasteiger partial charge >= 0.3 is 0 Å². The predicted molar refractivity (Wildman–Crippen MR) is 238 cm³/mol. The molecule has 57 heavy (non-hydrogen) atoms. The van der Waals surface area contributed by atoms with Crippen LogP contribution in [0.4, 0.5) is 0 Å². The molecule has 2 atom stereocenters. The van der Waals surface area contributed by atoms with Crippen molar-refractivity contribution in [3.8, 4) is 16.8 Å². The number of benzene rings is 8. The van der Waals surface area contributed by atoms with E-state index in [2.05, 4.69) is 185 Å². The Balaban J connectivity index is 1.06. The van der Waals surface area contributed by atoms with E-state index in [9.17, 15) is 0 Å². The molecule has 0 saturated heterocycles. The fourth-order valence-electron chi connectivity index (χ4n) is 8.97. The second kappa shape index (κ2) is 12.8. The molecule has 0 aliphatic carbocycles. The second-order valence-electron chi connectivity index (χ2n) is 14.7. The average molecular weight is 751 g/mol. The lowest BCUT2D eigenvalue weighted by molar-refractivity contribution is 0.409. The summed E-state index contributed by atoms with van der Waals surface area (Å²) in [4.78, 5) is 5.14. The molecule has 1 aliphatic rings. The Labute approximate surface area is 332 Å². The number of thiophene rings is 1. The van der Waals surface area contributed by atoms with Crippen molar-refractivity contribution in [3.63, 3.8) is 0 Å². The van der Waals surface area contributed by atoms with E-state index in [0.717, 1.165) is 50.0 Å². The molecule has 0 amide bonds. The van der Waals surface area contributed by atoms with Crippen molar-refractivity contribution < 1.29 is 4.42 Å². The van der Waals surface area contributed by atoms with Crippen LogP contribution in [0.2, 0.25) is 0 Å². The molecule has 3 aromatic heterocycles. The fourth-order valence-corrected chi connectivity index (χ4v) is 10.1. The van der Waals surface area contributed by atoms with E-state index >= 15 is 0 Å². The van der Waals surface area contributed by atoms with Crippen molar-refractivity contribution in [2.45, 2.75) is 12.3 Å². The maximum Gasteiger partial charge on any atom is 0.136 e. The standard InChI is InChI=1S/C51H34N4OS/c1-3-14-31(15-4-1)49-52-50(32-16-5-2-6-17-32)54-51(53-49)33-28-29-42-38(30-33)46-36(20-11-25-43(46)56-42)37-21-12-26-44-47(37)48-41(24-13-27-45(48)57-44)55-39-22-9-7-18-34(39)35-19-8-10-23-40(35)55/h1-30,49,51,53H,(H,52,54). The third-order valence-electron chi connectivity index (χ3n) is 11.5. The molecule has 2 N–H and O–H groups in total. The fraction of sp³-hybridized carbons (Fsp3) is 0.0392. The minimum atomic E-state index is -0.215. The van der Waals surface area contributed by atoms with E-state index < -0.39 is 0 Å². The van der Waals surface area contributed by atoms with Gasteiger partial charge in [0.2, 0.25) is 0 Å². The van der Waals surface area contributed by atoms with E-state index in [1.54, 1.807) is 0 Å². The largest absolute Gasteiger partial charge is 0.456 e. The lowest BCUT2D eigenvalue weighted by Gasteiger charge is -2.32. The monoisotopic (exact) mass is 750 g/mol. The molecular weight excluding hydrogens is 717 g/mol. The van der Waals surface area contributed by atoms with Crippen molar-refractivity contribution in [2.75, 3.05) is 0 Å². The number of amidine groups is 1. The summed E-state index contributed by atoms with van der Waals surface area (Å²) < 4.78 is 11.6. The first kappa shape index (κ1) is 32.3. The number of para-hydroxylation sites is 2. The van der Waals surface area contributed by atoms with Gasteiger partial charge in [-0.2, -0.15) is 0 Å². The first-order valence-corrected chi connectivity index (χ1v) is 20.2. The van der Waals surface area contributed by atoms with Gasteiger partial charge in [-0.15, -0.1) is 11.3 Å². The van der Waals surface area contributed by atoms with Crippen LogP contribution in [0.15, 0.2) is 191 Å². The molecule has 8 aromatic carbocycles. The van der Waals surface area contributed by atoms with Crippen LogP contribution >= 0.6 is 11.3 Å². The molecule has 0 bridgehead atoms. The highest BCUT2D eigenvalue weighted by atomic mass is 32.1. The van der Waals surface area contributed by atoms with Crippen molar-refractivity contribution in [2.24, 2.45) is 4.99 Å². The maximum absolute atomic E-state index is 6.63. The molecule has 12 rings (SSSR count). The van der Waals surface area contributed by atoms with Gasteiger partial charge in [0.05, 0.1) is 16.7 Å². The van der Waals surface area contributed by atoms with Gasteiger partial charge in [0.25, 0.3) is 0 Å². The van der Waals surface area contributed by atoms with E-state index in [-0.39, 0.29) is 12.3 Å². The predicted octanol–water partition coefficient (Wildman–Crippen LogP) is 13.1. The number of furan rings is 1. The van der Waals surface area contributed by atoms with Crippen molar-refractivity contribution in [3.05, 3.63) is 199 Å². The highest BCUT2D eigenvalue weighted by Gasteiger charge is 2.27. The number of rotatable bonds is 5. The quantitative estimate of drug-likeness (QED) is 0.184. The number of nitrogens with one attached hydrogen (secondary N) is 2. The van der Waals surface area contributed by atoms with Crippen LogP contribution in [-0.2, 0) is 0 Å². The topological polar surface area (TPSA) is 54.5 Å². The molecule has 2 unspecified atom stereocenters. The molecule has 0 radical (unpaired) electrons. The number of fused-ring (bicyclic) bond motifs is 9. The van der Waals surface area contributed by atoms with Crippen molar-refractivity contribution in [1.82, 2.24) is 15.2 Å². The summed E-state index contributed by atoms with van der Waals surface area (Å²) >= 11 is 1.86. The Kier molecular flexibility index (Phi) is 7.24. The molecule has 5 nitrogen and oxygen atoms in total. The maximum atomic E-state index is 6.63. The van der Waals surface area contributed by atoms with E-state index in [1.807, 2.05) is 23.5 Å². The highest BCUT2D eigenvalue weighted by molar-refractivity contribution is 7.26. The lowest BCUT2D eigenvalue weighted by atomic mass is 9.94. The SMILES string of the molecule is c1ccc(C2=NC(c3ccccc3)NC(c3ccc4oc5cccc(-c6cccc7sc8cccc(-n9c%10ccccc%10c%10ccccc%109)c8c67)c5c4c3)N2)cc1. The minimum Gasteiger partial charge on any atom is -0.456 e. The van der Waals surface area contributed by atoms with Gasteiger partial charge in [-0.25, -0.2) is 4.99 Å². The molecule has 270 valence electrons. The summed E-state index contributed by atoms with van der Waals surface area (Å²) in [5.41, 5.74) is 11.0. The van der Waals surface area contributed by atoms with E-state index in [0.29, 0.717) is 0 Å². The van der Waals surface area contributed by atoms with E-state index in [4.69, 9.17) is 9.41 Å². The van der Waals surface area contributed by atoms with Crippen LogP contribution < -0.4 is 10.6 Å². The van der Waals surface area contributed by atoms with Gasteiger partial charge in [-0.1, -0.05) is 133 Å². The average Bonchev–Trinajstić information content (AvgIpc) is 3.96. The summed E-state index contributed by atoms with van der Waals surface area (Å²) in [6.45, 7) is 0. The van der Waals surface area contributed by atoms with Crippen LogP contribution in [0.1, 0.15) is 29.0 Å². The zero-order valence-corrected chi connectivity index (χ0v) is 31.5. The molecule has 1 aliphatic heterocycles. The first-order valence-electron chi connectivity index (χ1n) is 19.4. The number of aromatic nitrogens is 1. The van der Waals surface area contributed by atoms with Crippen LogP contribution in [0.25, 0.3) is 80.7 Å². The van der Waals surface area contributed by atoms with Gasteiger partial charge in [-0.3, -0.25) is 5.32 Å². The van der Waals surface area contributed by atoms with Gasteiger partial charge < -0.3 is 14.3 Å². The van der Waals surface area contributed by atoms with Crippen LogP contribution in [0.5, 0.6) is 0 Å². The molecule has 4 heterocycles. The van der Waals surface area contributed by atoms with Crippen LogP contribution in [-0.4, -0.2) is 10.4 Å². The summed E-state index contributed by atoms with van der Waals surface area (Å²) in [6.07, 6.45) is -0.407. The van der Waals surface area contributed by atoms with Gasteiger partial charge in [0.1, 0.15) is 29.3 Å². The van der Waals surface area contributed by atoms with Gasteiger partial charge in [-0.05, 0) is 70.8 Å². The Morgan fingerprint density at radius 3 is 1.93 bits per heavy atom. The lowest BCUT2D eigenvalue weighted by Crippen LogP contribution is -2.44. The minimum absolute atomic E-state index is 0.192. The molecule has 0 spiro atoms. The summed E-state index contributed by atoms with van der Waals surface area (Å²) in [5, 5.41) is 14.8. The Hall–Kier alpha value is -6.99. The number of aliphatic imine (C=N–C) groups is 1. The summed E-state index contributed by atoms with van der Waals surface area (Å²) in [5.74, 6) is 0.862. The zero-order valence-electron chi connectivity index (χ0n) is 30.7. The zero-order chi connectivity index (χ0) is 37.5. The highest BCUT2D eigenvalue weighted by Crippen LogP contribution is 2.47.